The zero-order chi connectivity index (χ0) is 35.0. The second kappa shape index (κ2) is 39.8. The Morgan fingerprint density at radius 3 is 0.980 bits per heavy atom. The molecule has 0 aromatic heterocycles. The molecule has 286 valence electrons. The van der Waals surface area contributed by atoms with Crippen LogP contribution in [-0.2, 0) is 56.8 Å². The number of carbonyl (C=O) groups excluding carboxylic acids is 1. The van der Waals surface area contributed by atoms with Gasteiger partial charge < -0.3 is 56.8 Å². The Balaban J connectivity index is 1.62. The van der Waals surface area contributed by atoms with Crippen LogP contribution in [0.1, 0.15) is 36.0 Å². The molecule has 0 spiro atoms. The lowest BCUT2D eigenvalue weighted by molar-refractivity contribution is -0.0280. The van der Waals surface area contributed by atoms with Crippen LogP contribution in [0.2, 0.25) is 0 Å². The lowest BCUT2D eigenvalue weighted by Gasteiger charge is -2.09. The van der Waals surface area contributed by atoms with E-state index in [0.29, 0.717) is 144 Å². The van der Waals surface area contributed by atoms with E-state index in [-0.39, 0.29) is 12.6 Å². The second-order valence-corrected chi connectivity index (χ2v) is 11.4. The molecule has 1 rings (SSSR count). The van der Waals surface area contributed by atoms with E-state index in [2.05, 4.69) is 22.6 Å². The molecule has 0 aliphatic carbocycles. The van der Waals surface area contributed by atoms with Crippen LogP contribution in [0.15, 0.2) is 30.3 Å². The number of alkyl halides is 1. The van der Waals surface area contributed by atoms with Gasteiger partial charge in [-0.3, -0.25) is 0 Å². The molecule has 0 heterocycles. The number of carbonyl (C=O) groups is 1. The number of ether oxygens (including phenoxy) is 12. The van der Waals surface area contributed by atoms with Crippen molar-refractivity contribution in [3.05, 3.63) is 35.9 Å². The fraction of sp³-hybridized carbons (Fsp3) is 0.800. The van der Waals surface area contributed by atoms with E-state index in [1.54, 1.807) is 24.3 Å². The molecule has 0 unspecified atom stereocenters. The van der Waals surface area contributed by atoms with Gasteiger partial charge >= 0.3 is 5.97 Å². The summed E-state index contributed by atoms with van der Waals surface area (Å²) in [6.45, 7) is 11.6. The standard InChI is InChI=1S/C35H61IO13/c36-10-6-1-2-7-11-38-12-13-39-14-15-40-16-17-41-18-19-42-20-21-43-22-23-44-24-25-45-26-27-46-28-29-47-30-31-48-32-33-49-35(37)34-8-4-3-5-9-34/h3-5,8-9H,1-2,6-7,10-33H2. The summed E-state index contributed by atoms with van der Waals surface area (Å²) < 4.78 is 66.7. The molecule has 0 amide bonds. The molecular formula is C35H61IO13. The van der Waals surface area contributed by atoms with Crippen molar-refractivity contribution in [1.29, 1.82) is 0 Å². The average Bonchev–Trinajstić information content (AvgIpc) is 3.13. The smallest absolute Gasteiger partial charge is 0.338 e. The number of unbranched alkanes of at least 4 members (excludes halogenated alkanes) is 3. The summed E-state index contributed by atoms with van der Waals surface area (Å²) in [6, 6.07) is 8.86. The highest BCUT2D eigenvalue weighted by Gasteiger charge is 2.05. The molecule has 0 bridgehead atoms. The van der Waals surface area contributed by atoms with E-state index in [9.17, 15) is 4.79 Å². The van der Waals surface area contributed by atoms with Gasteiger partial charge in [0.1, 0.15) is 6.61 Å². The van der Waals surface area contributed by atoms with E-state index in [1.165, 1.54) is 23.7 Å². The summed E-state index contributed by atoms with van der Waals surface area (Å²) in [5.41, 5.74) is 0.526. The first-order valence-corrected chi connectivity index (χ1v) is 19.0. The normalized spacial score (nSPS) is 11.4. The number of halogens is 1. The molecule has 1 aromatic rings. The predicted octanol–water partition coefficient (Wildman–Crippen LogP) is 4.02. The van der Waals surface area contributed by atoms with Crippen LogP contribution in [0.25, 0.3) is 0 Å². The van der Waals surface area contributed by atoms with E-state index in [4.69, 9.17) is 56.8 Å². The zero-order valence-electron chi connectivity index (χ0n) is 29.4. The van der Waals surface area contributed by atoms with Crippen LogP contribution in [0, 0.1) is 0 Å². The van der Waals surface area contributed by atoms with Crippen molar-refractivity contribution < 1.29 is 61.6 Å². The summed E-state index contributed by atoms with van der Waals surface area (Å²) in [5, 5.41) is 0. The van der Waals surface area contributed by atoms with Crippen molar-refractivity contribution in [3.8, 4) is 0 Å². The van der Waals surface area contributed by atoms with Gasteiger partial charge in [0, 0.05) is 6.61 Å². The Hall–Kier alpha value is -1.02. The van der Waals surface area contributed by atoms with Gasteiger partial charge in [0.25, 0.3) is 0 Å². The molecule has 0 aliphatic rings. The Labute approximate surface area is 307 Å². The Morgan fingerprint density at radius 1 is 0.367 bits per heavy atom. The minimum Gasteiger partial charge on any atom is -0.460 e. The molecule has 0 saturated carbocycles. The molecule has 49 heavy (non-hydrogen) atoms. The summed E-state index contributed by atoms with van der Waals surface area (Å²) in [6.07, 6.45) is 4.96. The molecular weight excluding hydrogens is 755 g/mol. The molecule has 13 nitrogen and oxygen atoms in total. The first-order valence-electron chi connectivity index (χ1n) is 17.5. The summed E-state index contributed by atoms with van der Waals surface area (Å²) in [5.74, 6) is -0.355. The van der Waals surface area contributed by atoms with Crippen molar-refractivity contribution in [2.45, 2.75) is 25.7 Å². The van der Waals surface area contributed by atoms with Gasteiger partial charge in [0.2, 0.25) is 0 Å². The molecule has 0 fully saturated rings. The number of esters is 1. The molecule has 0 atom stereocenters. The largest absolute Gasteiger partial charge is 0.460 e. The number of hydrogen-bond acceptors (Lipinski definition) is 13. The first kappa shape index (κ1) is 46.0. The molecule has 1 aromatic carbocycles. The first-order chi connectivity index (χ1) is 24.3. The third kappa shape index (κ3) is 35.2. The van der Waals surface area contributed by atoms with Gasteiger partial charge in [-0.15, -0.1) is 0 Å². The molecule has 0 saturated heterocycles. The van der Waals surface area contributed by atoms with Gasteiger partial charge in [-0.05, 0) is 29.4 Å². The van der Waals surface area contributed by atoms with Crippen molar-refractivity contribution in [2.24, 2.45) is 0 Å². The third-order valence-electron chi connectivity index (χ3n) is 6.36. The zero-order valence-corrected chi connectivity index (χ0v) is 31.5. The molecule has 14 heteroatoms. The highest BCUT2D eigenvalue weighted by atomic mass is 127. The fourth-order valence-corrected chi connectivity index (χ4v) is 4.34. The Bertz CT molecular complexity index is 794. The monoisotopic (exact) mass is 816 g/mol. The van der Waals surface area contributed by atoms with Gasteiger partial charge in [-0.25, -0.2) is 4.79 Å². The van der Waals surface area contributed by atoms with Crippen LogP contribution in [-0.4, -0.2) is 162 Å². The van der Waals surface area contributed by atoms with Crippen LogP contribution in [0.5, 0.6) is 0 Å². The molecule has 0 N–H and O–H groups in total. The SMILES string of the molecule is O=C(OCCOCCOCCOCCOCCOCCOCCOCCOCCOCCOCCOCCCCCCI)c1ccccc1. The number of benzene rings is 1. The number of rotatable bonds is 40. The third-order valence-corrected chi connectivity index (χ3v) is 7.13. The van der Waals surface area contributed by atoms with E-state index in [0.717, 1.165) is 13.0 Å². The van der Waals surface area contributed by atoms with Crippen molar-refractivity contribution in [2.75, 3.05) is 156 Å². The van der Waals surface area contributed by atoms with Crippen LogP contribution >= 0.6 is 22.6 Å². The minimum atomic E-state index is -0.355. The Morgan fingerprint density at radius 2 is 0.653 bits per heavy atom. The minimum absolute atomic E-state index is 0.203. The summed E-state index contributed by atoms with van der Waals surface area (Å²) in [7, 11) is 0. The summed E-state index contributed by atoms with van der Waals surface area (Å²) >= 11 is 2.42. The van der Waals surface area contributed by atoms with Gasteiger partial charge in [0.05, 0.1) is 144 Å². The maximum Gasteiger partial charge on any atom is 0.338 e. The fourth-order valence-electron chi connectivity index (χ4n) is 3.80. The maximum absolute atomic E-state index is 11.8. The lowest BCUT2D eigenvalue weighted by atomic mass is 10.2. The average molecular weight is 817 g/mol. The molecule has 0 radical (unpaired) electrons. The van der Waals surface area contributed by atoms with Crippen LogP contribution in [0.3, 0.4) is 0 Å². The van der Waals surface area contributed by atoms with Gasteiger partial charge in [-0.2, -0.15) is 0 Å². The van der Waals surface area contributed by atoms with Crippen LogP contribution in [0.4, 0.5) is 0 Å². The molecule has 0 aliphatic heterocycles. The van der Waals surface area contributed by atoms with E-state index in [1.807, 2.05) is 6.07 Å². The van der Waals surface area contributed by atoms with Crippen molar-refractivity contribution in [3.63, 3.8) is 0 Å². The maximum atomic E-state index is 11.8. The van der Waals surface area contributed by atoms with Crippen LogP contribution < -0.4 is 0 Å². The quantitative estimate of drug-likeness (QED) is 0.0410. The number of hydrogen-bond donors (Lipinski definition) is 0. The van der Waals surface area contributed by atoms with Crippen molar-refractivity contribution in [1.82, 2.24) is 0 Å². The van der Waals surface area contributed by atoms with Gasteiger partial charge in [0.15, 0.2) is 0 Å². The second-order valence-electron chi connectivity index (χ2n) is 10.3. The topological polar surface area (TPSA) is 128 Å². The summed E-state index contributed by atoms with van der Waals surface area (Å²) in [4.78, 5) is 11.8. The highest BCUT2D eigenvalue weighted by molar-refractivity contribution is 14.1. The lowest BCUT2D eigenvalue weighted by Crippen LogP contribution is -2.15. The van der Waals surface area contributed by atoms with Crippen molar-refractivity contribution >= 4 is 28.6 Å². The highest BCUT2D eigenvalue weighted by Crippen LogP contribution is 2.02. The van der Waals surface area contributed by atoms with E-state index < -0.39 is 0 Å². The Kier molecular flexibility index (Phi) is 37.3. The van der Waals surface area contributed by atoms with E-state index >= 15 is 0 Å². The van der Waals surface area contributed by atoms with Gasteiger partial charge in [-0.1, -0.05) is 53.6 Å². The predicted molar refractivity (Wildman–Crippen MR) is 193 cm³/mol.